The fraction of sp³-hybridized carbons (Fsp3) is 0.857. The van der Waals surface area contributed by atoms with Crippen molar-refractivity contribution in [3.05, 3.63) is 0 Å². The molecule has 1 aliphatic carbocycles. The van der Waals surface area contributed by atoms with Gasteiger partial charge in [-0.05, 0) is 18.8 Å². The SMILES string of the molecule is C#CCNCC(O)COC1CCCCC1CC. The monoisotopic (exact) mass is 239 g/mol. The summed E-state index contributed by atoms with van der Waals surface area (Å²) >= 11 is 0. The molecule has 0 aromatic carbocycles. The van der Waals surface area contributed by atoms with Crippen LogP contribution in [0.2, 0.25) is 0 Å². The van der Waals surface area contributed by atoms with Crippen molar-refractivity contribution >= 4 is 0 Å². The second-order valence-corrected chi connectivity index (χ2v) is 4.81. The number of aliphatic hydroxyl groups is 1. The van der Waals surface area contributed by atoms with Crippen LogP contribution in [-0.2, 0) is 4.74 Å². The lowest BCUT2D eigenvalue weighted by molar-refractivity contribution is -0.0497. The fourth-order valence-corrected chi connectivity index (χ4v) is 2.46. The smallest absolute Gasteiger partial charge is 0.0898 e. The van der Waals surface area contributed by atoms with E-state index in [0.29, 0.717) is 31.7 Å². The number of aliphatic hydroxyl groups excluding tert-OH is 1. The maximum atomic E-state index is 9.71. The molecule has 1 rings (SSSR count). The summed E-state index contributed by atoms with van der Waals surface area (Å²) in [6.45, 7) is 3.64. The second kappa shape index (κ2) is 8.52. The Kier molecular flexibility index (Phi) is 7.27. The van der Waals surface area contributed by atoms with E-state index in [0.717, 1.165) is 6.42 Å². The third-order valence-electron chi connectivity index (χ3n) is 3.47. The lowest BCUT2D eigenvalue weighted by Crippen LogP contribution is -2.35. The summed E-state index contributed by atoms with van der Waals surface area (Å²) < 4.78 is 5.84. The molecule has 3 unspecified atom stereocenters. The third kappa shape index (κ3) is 5.54. The van der Waals surface area contributed by atoms with Crippen LogP contribution in [0, 0.1) is 18.3 Å². The highest BCUT2D eigenvalue weighted by Crippen LogP contribution is 2.29. The Balaban J connectivity index is 2.17. The van der Waals surface area contributed by atoms with Gasteiger partial charge in [0.15, 0.2) is 0 Å². The minimum atomic E-state index is -0.456. The number of hydrogen-bond donors (Lipinski definition) is 2. The van der Waals surface area contributed by atoms with Gasteiger partial charge in [-0.1, -0.05) is 32.1 Å². The van der Waals surface area contributed by atoms with Gasteiger partial charge in [0.05, 0.1) is 25.4 Å². The van der Waals surface area contributed by atoms with Gasteiger partial charge in [0.2, 0.25) is 0 Å². The highest BCUT2D eigenvalue weighted by atomic mass is 16.5. The predicted molar refractivity (Wildman–Crippen MR) is 69.7 cm³/mol. The summed E-state index contributed by atoms with van der Waals surface area (Å²) in [5, 5.41) is 12.7. The van der Waals surface area contributed by atoms with Crippen molar-refractivity contribution in [3.8, 4) is 12.3 Å². The molecule has 3 heteroatoms. The summed E-state index contributed by atoms with van der Waals surface area (Å²) in [5.41, 5.74) is 0. The number of hydrogen-bond acceptors (Lipinski definition) is 3. The summed E-state index contributed by atoms with van der Waals surface area (Å²) in [6, 6.07) is 0. The van der Waals surface area contributed by atoms with E-state index in [1.165, 1.54) is 25.7 Å². The molecule has 17 heavy (non-hydrogen) atoms. The zero-order chi connectivity index (χ0) is 12.5. The first-order valence-corrected chi connectivity index (χ1v) is 6.71. The molecule has 0 amide bonds. The summed E-state index contributed by atoms with van der Waals surface area (Å²) in [6.07, 6.45) is 11.2. The highest BCUT2D eigenvalue weighted by Gasteiger charge is 2.24. The largest absolute Gasteiger partial charge is 0.389 e. The molecule has 1 fully saturated rings. The van der Waals surface area contributed by atoms with Crippen LogP contribution in [0.4, 0.5) is 0 Å². The molecule has 1 saturated carbocycles. The first kappa shape index (κ1) is 14.5. The molecule has 0 aromatic heterocycles. The summed E-state index contributed by atoms with van der Waals surface area (Å²) in [5.74, 6) is 3.16. The van der Waals surface area contributed by atoms with Crippen molar-refractivity contribution in [1.82, 2.24) is 5.32 Å². The zero-order valence-electron chi connectivity index (χ0n) is 10.8. The summed E-state index contributed by atoms with van der Waals surface area (Å²) in [4.78, 5) is 0. The van der Waals surface area contributed by atoms with Gasteiger partial charge in [0.1, 0.15) is 0 Å². The van der Waals surface area contributed by atoms with E-state index >= 15 is 0 Å². The van der Waals surface area contributed by atoms with Crippen LogP contribution >= 0.6 is 0 Å². The number of nitrogens with one attached hydrogen (secondary N) is 1. The van der Waals surface area contributed by atoms with Gasteiger partial charge in [-0.15, -0.1) is 6.42 Å². The normalized spacial score (nSPS) is 26.4. The maximum Gasteiger partial charge on any atom is 0.0898 e. The Morgan fingerprint density at radius 1 is 1.47 bits per heavy atom. The van der Waals surface area contributed by atoms with Crippen molar-refractivity contribution in [3.63, 3.8) is 0 Å². The van der Waals surface area contributed by atoms with Crippen molar-refractivity contribution in [2.24, 2.45) is 5.92 Å². The van der Waals surface area contributed by atoms with Gasteiger partial charge >= 0.3 is 0 Å². The van der Waals surface area contributed by atoms with E-state index in [1.807, 2.05) is 0 Å². The van der Waals surface area contributed by atoms with Gasteiger partial charge in [-0.3, -0.25) is 0 Å². The molecular weight excluding hydrogens is 214 g/mol. The Hall–Kier alpha value is -0.560. The molecule has 0 heterocycles. The van der Waals surface area contributed by atoms with Crippen molar-refractivity contribution in [2.45, 2.75) is 51.2 Å². The molecule has 2 N–H and O–H groups in total. The van der Waals surface area contributed by atoms with E-state index in [1.54, 1.807) is 0 Å². The molecule has 0 aliphatic heterocycles. The summed E-state index contributed by atoms with van der Waals surface area (Å²) in [7, 11) is 0. The Morgan fingerprint density at radius 2 is 2.24 bits per heavy atom. The zero-order valence-corrected chi connectivity index (χ0v) is 10.8. The van der Waals surface area contributed by atoms with Crippen LogP contribution in [0.15, 0.2) is 0 Å². The maximum absolute atomic E-state index is 9.71. The molecule has 0 saturated heterocycles. The first-order chi connectivity index (χ1) is 8.27. The van der Waals surface area contributed by atoms with E-state index < -0.39 is 6.10 Å². The first-order valence-electron chi connectivity index (χ1n) is 6.71. The van der Waals surface area contributed by atoms with Crippen LogP contribution in [0.3, 0.4) is 0 Å². The second-order valence-electron chi connectivity index (χ2n) is 4.81. The van der Waals surface area contributed by atoms with Gasteiger partial charge in [0.25, 0.3) is 0 Å². The molecule has 3 nitrogen and oxygen atoms in total. The molecular formula is C14H25NO2. The van der Waals surface area contributed by atoms with Gasteiger partial charge < -0.3 is 15.2 Å². The number of ether oxygens (including phenoxy) is 1. The van der Waals surface area contributed by atoms with Crippen LogP contribution in [0.25, 0.3) is 0 Å². The molecule has 3 atom stereocenters. The van der Waals surface area contributed by atoms with Crippen molar-refractivity contribution < 1.29 is 9.84 Å². The van der Waals surface area contributed by atoms with Crippen LogP contribution in [0.1, 0.15) is 39.0 Å². The lowest BCUT2D eigenvalue weighted by atomic mass is 9.85. The van der Waals surface area contributed by atoms with Gasteiger partial charge in [0, 0.05) is 6.54 Å². The number of terminal acetylenes is 1. The van der Waals surface area contributed by atoms with Gasteiger partial charge in [-0.25, -0.2) is 0 Å². The minimum absolute atomic E-state index is 0.344. The average Bonchev–Trinajstić information content (AvgIpc) is 2.37. The van der Waals surface area contributed by atoms with Crippen LogP contribution < -0.4 is 5.32 Å². The van der Waals surface area contributed by atoms with E-state index in [9.17, 15) is 5.11 Å². The van der Waals surface area contributed by atoms with Crippen LogP contribution in [-0.4, -0.2) is 37.0 Å². The number of rotatable bonds is 7. The van der Waals surface area contributed by atoms with Crippen molar-refractivity contribution in [2.75, 3.05) is 19.7 Å². The standard InChI is InChI=1S/C14H25NO2/c1-3-9-15-10-13(16)11-17-14-8-6-5-7-12(14)4-2/h1,12-16H,4-11H2,2H3. The van der Waals surface area contributed by atoms with Crippen molar-refractivity contribution in [1.29, 1.82) is 0 Å². The highest BCUT2D eigenvalue weighted by molar-refractivity contribution is 4.86. The lowest BCUT2D eigenvalue weighted by Gasteiger charge is -2.31. The molecule has 0 bridgehead atoms. The Labute approximate surface area is 105 Å². The molecule has 98 valence electrons. The molecule has 0 radical (unpaired) electrons. The van der Waals surface area contributed by atoms with Crippen LogP contribution in [0.5, 0.6) is 0 Å². The molecule has 1 aliphatic rings. The quantitative estimate of drug-likeness (QED) is 0.523. The fourth-order valence-electron chi connectivity index (χ4n) is 2.46. The average molecular weight is 239 g/mol. The molecule has 0 aromatic rings. The Bertz CT molecular complexity index is 237. The van der Waals surface area contributed by atoms with E-state index in [4.69, 9.17) is 11.2 Å². The van der Waals surface area contributed by atoms with E-state index in [2.05, 4.69) is 18.2 Å². The minimum Gasteiger partial charge on any atom is -0.389 e. The van der Waals surface area contributed by atoms with E-state index in [-0.39, 0.29) is 0 Å². The third-order valence-corrected chi connectivity index (χ3v) is 3.47. The predicted octanol–water partition coefficient (Wildman–Crippen LogP) is 1.56. The molecule has 0 spiro atoms. The Morgan fingerprint density at radius 3 is 2.94 bits per heavy atom. The van der Waals surface area contributed by atoms with Gasteiger partial charge in [-0.2, -0.15) is 0 Å². The topological polar surface area (TPSA) is 41.5 Å².